The Morgan fingerprint density at radius 3 is 1.49 bits per heavy atom. The molecule has 20 heteroatoms. The van der Waals surface area contributed by atoms with E-state index in [0.717, 1.165) is 51.4 Å². The van der Waals surface area contributed by atoms with E-state index in [1.807, 2.05) is 0 Å². The van der Waals surface area contributed by atoms with E-state index in [-0.39, 0.29) is 12.8 Å². The summed E-state index contributed by atoms with van der Waals surface area (Å²) in [5.74, 6) is -6.17. The first kappa shape index (κ1) is 71.0. The van der Waals surface area contributed by atoms with Crippen molar-refractivity contribution in [3.05, 3.63) is 0 Å². The van der Waals surface area contributed by atoms with E-state index in [1.54, 1.807) is 0 Å². The first-order chi connectivity index (χ1) is 37.1. The quantitative estimate of drug-likeness (QED) is 0.0354. The number of unbranched alkanes of at least 4 members (excludes halogenated alkanes) is 29. The molecular weight excluding hydrogens is 1000 g/mol. The highest BCUT2D eigenvalue weighted by Gasteiger charge is 2.57. The molecule has 0 unspecified atom stereocenters. The third-order valence-corrected chi connectivity index (χ3v) is 15.4. The molecule has 454 valence electrons. The molecule has 2 fully saturated rings. The Labute approximate surface area is 460 Å². The topological polar surface area (TPSA) is 335 Å². The molecular formula is C57H108N2O18. The van der Waals surface area contributed by atoms with Gasteiger partial charge in [0.15, 0.2) is 6.29 Å². The summed E-state index contributed by atoms with van der Waals surface area (Å²) in [6, 6.07) is -2.83. The van der Waals surface area contributed by atoms with Gasteiger partial charge in [-0.05, 0) is 12.8 Å². The Balaban J connectivity index is 2.00. The van der Waals surface area contributed by atoms with Crippen LogP contribution < -0.4 is 10.6 Å². The number of hydrogen-bond donors (Lipinski definition) is 13. The molecule has 0 spiro atoms. The minimum absolute atomic E-state index is 0.150. The summed E-state index contributed by atoms with van der Waals surface area (Å²) in [7, 11) is 0. The summed E-state index contributed by atoms with van der Waals surface area (Å²) in [6.45, 7) is 0.892. The van der Waals surface area contributed by atoms with Gasteiger partial charge >= 0.3 is 5.97 Å². The highest BCUT2D eigenvalue weighted by Crippen LogP contribution is 2.35. The number of rotatable bonds is 48. The second kappa shape index (κ2) is 42.7. The highest BCUT2D eigenvalue weighted by atomic mass is 16.7. The van der Waals surface area contributed by atoms with Gasteiger partial charge in [-0.25, -0.2) is 4.79 Å². The molecule has 20 nitrogen and oxygen atoms in total. The lowest BCUT2D eigenvalue weighted by Gasteiger charge is -2.47. The van der Waals surface area contributed by atoms with E-state index in [0.29, 0.717) is 12.8 Å². The van der Waals surface area contributed by atoms with Gasteiger partial charge in [-0.2, -0.15) is 0 Å². The van der Waals surface area contributed by atoms with Crippen LogP contribution in [0.4, 0.5) is 0 Å². The van der Waals surface area contributed by atoms with Crippen molar-refractivity contribution >= 4 is 17.8 Å². The van der Waals surface area contributed by atoms with Crippen LogP contribution in [-0.2, 0) is 33.3 Å². The molecule has 0 aliphatic carbocycles. The van der Waals surface area contributed by atoms with Crippen LogP contribution in [0.1, 0.15) is 232 Å². The number of carboxylic acids is 1. The lowest BCUT2D eigenvalue weighted by molar-refractivity contribution is -0.339. The molecule has 2 rings (SSSR count). The Morgan fingerprint density at radius 1 is 0.597 bits per heavy atom. The van der Waals surface area contributed by atoms with Crippen LogP contribution in [0.3, 0.4) is 0 Å². The fourth-order valence-electron chi connectivity index (χ4n) is 10.4. The maximum absolute atomic E-state index is 13.4. The van der Waals surface area contributed by atoms with Crippen LogP contribution in [-0.4, -0.2) is 186 Å². The monoisotopic (exact) mass is 1110 g/mol. The SMILES string of the molecule is CCCCCCCCCCCCCCCCCCCCCC(=O)N[C@@H](CO[C@@H]1O[C@H](CO[C@]2(C(=O)O)C[C@H](O)[C@@H](NC(=O)CO)[C@H]([C@H](O)[C@H](O)CO)O2)[C@@H](O)[C@H](O)[C@H]1O)[C@H](O)[C@H](O)CCCCCCCCCCCCCC. The molecule has 0 saturated carbocycles. The van der Waals surface area contributed by atoms with E-state index < -0.39 is 136 Å². The number of aliphatic hydroxyl groups excluding tert-OH is 10. The van der Waals surface area contributed by atoms with Crippen LogP contribution in [0.15, 0.2) is 0 Å². The van der Waals surface area contributed by atoms with Crippen LogP contribution in [0.25, 0.3) is 0 Å². The van der Waals surface area contributed by atoms with E-state index in [1.165, 1.54) is 135 Å². The van der Waals surface area contributed by atoms with Crippen molar-refractivity contribution in [2.45, 2.75) is 317 Å². The minimum Gasteiger partial charge on any atom is -0.477 e. The molecule has 0 radical (unpaired) electrons. The third-order valence-electron chi connectivity index (χ3n) is 15.4. The number of ether oxygens (including phenoxy) is 4. The molecule has 2 heterocycles. The van der Waals surface area contributed by atoms with Gasteiger partial charge in [0.05, 0.1) is 44.1 Å². The molecule has 77 heavy (non-hydrogen) atoms. The third kappa shape index (κ3) is 28.4. The first-order valence-corrected chi connectivity index (χ1v) is 30.1. The molecule has 14 atom stereocenters. The predicted octanol–water partition coefficient (Wildman–Crippen LogP) is 5.07. The van der Waals surface area contributed by atoms with E-state index in [2.05, 4.69) is 24.5 Å². The van der Waals surface area contributed by atoms with Crippen LogP contribution in [0.5, 0.6) is 0 Å². The largest absolute Gasteiger partial charge is 0.477 e. The van der Waals surface area contributed by atoms with Crippen molar-refractivity contribution in [3.8, 4) is 0 Å². The number of aliphatic carboxylic acids is 1. The van der Waals surface area contributed by atoms with Gasteiger partial charge in [-0.15, -0.1) is 0 Å². The van der Waals surface area contributed by atoms with Gasteiger partial charge < -0.3 is 85.8 Å². The number of carbonyl (C=O) groups is 3. The van der Waals surface area contributed by atoms with Gasteiger partial charge in [0.2, 0.25) is 11.8 Å². The van der Waals surface area contributed by atoms with E-state index in [9.17, 15) is 70.6 Å². The van der Waals surface area contributed by atoms with Crippen molar-refractivity contribution in [1.82, 2.24) is 10.6 Å². The standard InChI is InChI=1S/C57H108N2O18/c1-3-5-7-9-11-13-15-17-18-19-20-21-22-23-25-27-29-31-33-35-46(65)58-41(49(67)42(62)34-32-30-28-26-24-16-14-12-10-8-6-4-2)39-74-55-53(71)52(70)51(69)45(76-55)40-75-57(56(72)73)36-43(63)48(59-47(66)38-61)54(77-57)50(68)44(64)37-60/h41-45,48-55,60-64,67-71H,3-40H2,1-2H3,(H,58,65)(H,59,66)(H,72,73)/t41-,42+,43-,44+,45+,48+,49-,50+,51+,52-,53+,54+,55+,57+/m0/s1. The van der Waals surface area contributed by atoms with Crippen molar-refractivity contribution in [3.63, 3.8) is 0 Å². The number of amides is 2. The zero-order valence-electron chi connectivity index (χ0n) is 47.2. The lowest BCUT2D eigenvalue weighted by Crippen LogP contribution is -2.68. The number of hydrogen-bond acceptors (Lipinski definition) is 17. The summed E-state index contributed by atoms with van der Waals surface area (Å²) >= 11 is 0. The van der Waals surface area contributed by atoms with E-state index in [4.69, 9.17) is 18.9 Å². The van der Waals surface area contributed by atoms with Crippen molar-refractivity contribution in [1.29, 1.82) is 0 Å². The van der Waals surface area contributed by atoms with Crippen molar-refractivity contribution in [2.24, 2.45) is 0 Å². The van der Waals surface area contributed by atoms with E-state index >= 15 is 0 Å². The van der Waals surface area contributed by atoms with Crippen LogP contribution in [0.2, 0.25) is 0 Å². The molecule has 2 aliphatic heterocycles. The summed E-state index contributed by atoms with van der Waals surface area (Å²) < 4.78 is 22.9. The number of aliphatic hydroxyl groups is 10. The zero-order chi connectivity index (χ0) is 56.9. The fraction of sp³-hybridized carbons (Fsp3) is 0.947. The highest BCUT2D eigenvalue weighted by molar-refractivity contribution is 5.78. The van der Waals surface area contributed by atoms with Gasteiger partial charge in [-0.3, -0.25) is 9.59 Å². The summed E-state index contributed by atoms with van der Waals surface area (Å²) in [4.78, 5) is 38.2. The maximum atomic E-state index is 13.4. The van der Waals surface area contributed by atoms with Gasteiger partial charge in [0.1, 0.15) is 55.4 Å². The van der Waals surface area contributed by atoms with Crippen LogP contribution in [0, 0.1) is 0 Å². The second-order valence-electron chi connectivity index (χ2n) is 22.1. The Hall–Kier alpha value is -2.15. The molecule has 0 aromatic heterocycles. The maximum Gasteiger partial charge on any atom is 0.364 e. The first-order valence-electron chi connectivity index (χ1n) is 30.1. The fourth-order valence-corrected chi connectivity index (χ4v) is 10.4. The van der Waals surface area contributed by atoms with Gasteiger partial charge in [-0.1, -0.05) is 206 Å². The Kier molecular flexibility index (Phi) is 39.3. The number of carboxylic acid groups (broad SMARTS) is 1. The molecule has 13 N–H and O–H groups in total. The second-order valence-corrected chi connectivity index (χ2v) is 22.1. The molecule has 2 aliphatic rings. The molecule has 0 bridgehead atoms. The van der Waals surface area contributed by atoms with Crippen LogP contribution >= 0.6 is 0 Å². The van der Waals surface area contributed by atoms with Gasteiger partial charge in [0.25, 0.3) is 5.79 Å². The summed E-state index contributed by atoms with van der Waals surface area (Å²) in [5, 5.41) is 122. The van der Waals surface area contributed by atoms with Gasteiger partial charge in [0, 0.05) is 12.8 Å². The molecule has 2 saturated heterocycles. The molecule has 0 aromatic rings. The summed E-state index contributed by atoms with van der Waals surface area (Å²) in [5.41, 5.74) is 0. The number of nitrogens with one attached hydrogen (secondary N) is 2. The normalized spacial score (nSPS) is 25.7. The average molecular weight is 1110 g/mol. The predicted molar refractivity (Wildman–Crippen MR) is 290 cm³/mol. The minimum atomic E-state index is -2.87. The van der Waals surface area contributed by atoms with Crippen molar-refractivity contribution in [2.75, 3.05) is 26.4 Å². The molecule has 2 amide bonds. The Bertz CT molecular complexity index is 1500. The number of carbonyl (C=O) groups excluding carboxylic acids is 2. The molecule has 0 aromatic carbocycles. The lowest BCUT2D eigenvalue weighted by atomic mass is 9.88. The van der Waals surface area contributed by atoms with Crippen molar-refractivity contribution < 1.29 is 89.5 Å². The smallest absolute Gasteiger partial charge is 0.364 e. The zero-order valence-corrected chi connectivity index (χ0v) is 47.2. The average Bonchev–Trinajstić information content (AvgIpc) is 3.42. The Morgan fingerprint density at radius 2 is 1.05 bits per heavy atom. The summed E-state index contributed by atoms with van der Waals surface area (Å²) in [6.07, 6.45) is 16.1.